The van der Waals surface area contributed by atoms with Crippen molar-refractivity contribution in [3.8, 4) is 0 Å². The highest BCUT2D eigenvalue weighted by Crippen LogP contribution is 2.39. The predicted octanol–water partition coefficient (Wildman–Crippen LogP) is 3.98. The summed E-state index contributed by atoms with van der Waals surface area (Å²) in [5.74, 6) is 0. The first-order chi connectivity index (χ1) is 7.65. The van der Waals surface area contributed by atoms with Crippen LogP contribution < -0.4 is 5.32 Å². The monoisotopic (exact) mass is 305 g/mol. The summed E-state index contributed by atoms with van der Waals surface area (Å²) < 4.78 is 6.96. The van der Waals surface area contributed by atoms with Gasteiger partial charge in [-0.1, -0.05) is 13.8 Å². The van der Waals surface area contributed by atoms with E-state index in [1.165, 1.54) is 10.0 Å². The predicted molar refractivity (Wildman–Crippen MR) is 74.1 cm³/mol. The van der Waals surface area contributed by atoms with E-state index in [2.05, 4.69) is 45.9 Å². The molecule has 0 aliphatic heterocycles. The summed E-state index contributed by atoms with van der Waals surface area (Å²) in [4.78, 5) is 0. The van der Waals surface area contributed by atoms with Crippen molar-refractivity contribution in [1.82, 2.24) is 5.32 Å². The van der Waals surface area contributed by atoms with Gasteiger partial charge < -0.3 is 10.1 Å². The fourth-order valence-electron chi connectivity index (χ4n) is 2.26. The fraction of sp³-hybridized carbons (Fsp3) is 0.667. The van der Waals surface area contributed by atoms with Crippen LogP contribution in [0.3, 0.4) is 0 Å². The highest BCUT2D eigenvalue weighted by atomic mass is 79.9. The lowest BCUT2D eigenvalue weighted by molar-refractivity contribution is -0.0468. The van der Waals surface area contributed by atoms with E-state index in [1.54, 1.807) is 18.4 Å². The third-order valence-electron chi connectivity index (χ3n) is 3.37. The average molecular weight is 306 g/mol. The molecule has 1 aromatic heterocycles. The highest BCUT2D eigenvalue weighted by molar-refractivity contribution is 9.10. The molecule has 1 rings (SSSR count). The Morgan fingerprint density at radius 2 is 2.06 bits per heavy atom. The first kappa shape index (κ1) is 14.2. The van der Waals surface area contributed by atoms with E-state index in [0.29, 0.717) is 0 Å². The van der Waals surface area contributed by atoms with E-state index in [1.807, 2.05) is 7.05 Å². The molecule has 0 fully saturated rings. The van der Waals surface area contributed by atoms with Crippen molar-refractivity contribution in [1.29, 1.82) is 0 Å². The Morgan fingerprint density at radius 3 is 2.38 bits per heavy atom. The molecule has 0 spiro atoms. The molecule has 1 atom stereocenters. The van der Waals surface area contributed by atoms with Crippen molar-refractivity contribution < 1.29 is 4.74 Å². The van der Waals surface area contributed by atoms with Gasteiger partial charge in [0.2, 0.25) is 0 Å². The zero-order chi connectivity index (χ0) is 12.2. The van der Waals surface area contributed by atoms with Crippen LogP contribution in [0.1, 0.15) is 38.3 Å². The highest BCUT2D eigenvalue weighted by Gasteiger charge is 2.37. The van der Waals surface area contributed by atoms with Gasteiger partial charge in [0.15, 0.2) is 0 Å². The second-order valence-corrected chi connectivity index (χ2v) is 5.47. The van der Waals surface area contributed by atoms with Crippen molar-refractivity contribution in [3.63, 3.8) is 0 Å². The molecule has 0 saturated heterocycles. The Labute approximate surface area is 111 Å². The smallest absolute Gasteiger partial charge is 0.0867 e. The van der Waals surface area contributed by atoms with E-state index in [4.69, 9.17) is 4.74 Å². The number of halogens is 1. The summed E-state index contributed by atoms with van der Waals surface area (Å²) in [6.45, 7) is 4.36. The van der Waals surface area contributed by atoms with Crippen LogP contribution in [0.25, 0.3) is 0 Å². The molecule has 0 aliphatic carbocycles. The molecule has 1 N–H and O–H groups in total. The number of likely N-dealkylation sites (N-methyl/N-ethyl adjacent to an activating group) is 1. The van der Waals surface area contributed by atoms with Crippen LogP contribution in [0.15, 0.2) is 15.2 Å². The molecule has 1 heterocycles. The van der Waals surface area contributed by atoms with E-state index in [-0.39, 0.29) is 11.6 Å². The maximum absolute atomic E-state index is 5.79. The van der Waals surface area contributed by atoms with Crippen molar-refractivity contribution in [2.24, 2.45) is 0 Å². The van der Waals surface area contributed by atoms with Crippen molar-refractivity contribution >= 4 is 27.3 Å². The minimum absolute atomic E-state index is 0.127. The summed E-state index contributed by atoms with van der Waals surface area (Å²) in [6, 6.07) is 0.230. The number of nitrogens with one attached hydrogen (secondary N) is 1. The quantitative estimate of drug-likeness (QED) is 0.858. The van der Waals surface area contributed by atoms with Gasteiger partial charge in [0.25, 0.3) is 0 Å². The molecular weight excluding hydrogens is 286 g/mol. The molecule has 1 aromatic rings. The number of ether oxygens (including phenoxy) is 1. The molecule has 0 saturated carbocycles. The topological polar surface area (TPSA) is 21.3 Å². The number of thiophene rings is 1. The lowest BCUT2D eigenvalue weighted by Gasteiger charge is -2.38. The molecular formula is C12H20BrNOS. The molecule has 16 heavy (non-hydrogen) atoms. The average Bonchev–Trinajstić information content (AvgIpc) is 2.72. The molecule has 0 aliphatic rings. The normalized spacial score (nSPS) is 14.1. The zero-order valence-corrected chi connectivity index (χ0v) is 12.7. The Kier molecular flexibility index (Phi) is 5.44. The van der Waals surface area contributed by atoms with Gasteiger partial charge in [0, 0.05) is 17.0 Å². The van der Waals surface area contributed by atoms with Gasteiger partial charge in [-0.3, -0.25) is 0 Å². The first-order valence-corrected chi connectivity index (χ1v) is 7.32. The Bertz CT molecular complexity index is 314. The van der Waals surface area contributed by atoms with Gasteiger partial charge >= 0.3 is 0 Å². The molecule has 0 amide bonds. The van der Waals surface area contributed by atoms with Crippen molar-refractivity contribution in [2.45, 2.75) is 38.3 Å². The minimum Gasteiger partial charge on any atom is -0.376 e. The van der Waals surface area contributed by atoms with Crippen LogP contribution >= 0.6 is 27.3 Å². The Morgan fingerprint density at radius 1 is 1.44 bits per heavy atom. The second kappa shape index (κ2) is 6.15. The zero-order valence-electron chi connectivity index (χ0n) is 10.3. The summed E-state index contributed by atoms with van der Waals surface area (Å²) in [6.07, 6.45) is 1.99. The third-order valence-corrected chi connectivity index (χ3v) is 5.12. The van der Waals surface area contributed by atoms with E-state index < -0.39 is 0 Å². The molecule has 4 heteroatoms. The molecule has 1 unspecified atom stereocenters. The van der Waals surface area contributed by atoms with Gasteiger partial charge in [0.05, 0.1) is 11.6 Å². The van der Waals surface area contributed by atoms with Crippen molar-refractivity contribution in [2.75, 3.05) is 14.2 Å². The van der Waals surface area contributed by atoms with Crippen molar-refractivity contribution in [3.05, 3.63) is 20.8 Å². The van der Waals surface area contributed by atoms with Gasteiger partial charge in [-0.05, 0) is 46.8 Å². The maximum atomic E-state index is 5.79. The third kappa shape index (κ3) is 2.50. The Balaban J connectivity index is 3.10. The first-order valence-electron chi connectivity index (χ1n) is 5.59. The van der Waals surface area contributed by atoms with Gasteiger partial charge in [0.1, 0.15) is 0 Å². The van der Waals surface area contributed by atoms with Crippen LogP contribution in [-0.2, 0) is 4.74 Å². The van der Waals surface area contributed by atoms with Gasteiger partial charge in [-0.15, -0.1) is 0 Å². The second-order valence-electron chi connectivity index (χ2n) is 3.87. The van der Waals surface area contributed by atoms with Crippen LogP contribution in [-0.4, -0.2) is 19.8 Å². The Hall–Kier alpha value is 0.100. The molecule has 0 aromatic carbocycles. The number of rotatable bonds is 6. The molecule has 2 nitrogen and oxygen atoms in total. The summed E-state index contributed by atoms with van der Waals surface area (Å²) in [5.41, 5.74) is 1.16. The van der Waals surface area contributed by atoms with Crippen LogP contribution in [0.5, 0.6) is 0 Å². The SMILES string of the molecule is CCC(CC)(OC)C(NC)c1cscc1Br. The summed E-state index contributed by atoms with van der Waals surface area (Å²) in [5, 5.41) is 7.69. The van der Waals surface area contributed by atoms with E-state index >= 15 is 0 Å². The maximum Gasteiger partial charge on any atom is 0.0867 e. The summed E-state index contributed by atoms with van der Waals surface area (Å²) in [7, 11) is 3.80. The van der Waals surface area contributed by atoms with Crippen LogP contribution in [0, 0.1) is 0 Å². The minimum atomic E-state index is -0.127. The lowest BCUT2D eigenvalue weighted by Crippen LogP contribution is -2.43. The number of hydrogen-bond donors (Lipinski definition) is 1. The molecule has 0 radical (unpaired) electrons. The van der Waals surface area contributed by atoms with E-state index in [0.717, 1.165) is 12.8 Å². The van der Waals surface area contributed by atoms with Gasteiger partial charge in [-0.25, -0.2) is 0 Å². The standard InChI is InChI=1S/C12H20BrNOS/c1-5-12(6-2,15-4)11(14-3)9-7-16-8-10(9)13/h7-8,11,14H,5-6H2,1-4H3. The number of methoxy groups -OCH3 is 1. The fourth-order valence-corrected chi connectivity index (χ4v) is 3.82. The van der Waals surface area contributed by atoms with Crippen LogP contribution in [0.4, 0.5) is 0 Å². The lowest BCUT2D eigenvalue weighted by atomic mass is 9.85. The molecule has 92 valence electrons. The van der Waals surface area contributed by atoms with Gasteiger partial charge in [-0.2, -0.15) is 11.3 Å². The summed E-state index contributed by atoms with van der Waals surface area (Å²) >= 11 is 5.32. The van der Waals surface area contributed by atoms with Crippen LogP contribution in [0.2, 0.25) is 0 Å². The number of hydrogen-bond acceptors (Lipinski definition) is 3. The molecule has 0 bridgehead atoms. The van der Waals surface area contributed by atoms with E-state index in [9.17, 15) is 0 Å². The largest absolute Gasteiger partial charge is 0.376 e.